The van der Waals surface area contributed by atoms with Crippen molar-refractivity contribution < 1.29 is 23.2 Å². The summed E-state index contributed by atoms with van der Waals surface area (Å²) in [6, 6.07) is 2.83. The van der Waals surface area contributed by atoms with Crippen molar-refractivity contribution in [1.82, 2.24) is 19.8 Å². The number of carbonyl (C=O) groups excluding carboxylic acids is 3. The first kappa shape index (κ1) is 20.8. The Morgan fingerprint density at radius 1 is 1.17 bits per heavy atom. The molecule has 0 spiro atoms. The molecule has 0 aliphatic carbocycles. The minimum Gasteiger partial charge on any atom is -0.348 e. The number of hydrogen-bond acceptors (Lipinski definition) is 6. The average Bonchev–Trinajstić information content (AvgIpc) is 3.14. The number of piperidine rings is 1. The number of amides is 3. The Bertz CT molecular complexity index is 928. The Kier molecular flexibility index (Phi) is 6.47. The fourth-order valence-electron chi connectivity index (χ4n) is 2.99. The van der Waals surface area contributed by atoms with Gasteiger partial charge in [0.2, 0.25) is 0 Å². The smallest absolute Gasteiger partial charge is 0.313 e. The Labute approximate surface area is 169 Å². The normalized spacial score (nSPS) is 14.5. The quantitative estimate of drug-likeness (QED) is 0.729. The Morgan fingerprint density at radius 3 is 2.52 bits per heavy atom. The lowest BCUT2D eigenvalue weighted by Crippen LogP contribution is -2.43. The van der Waals surface area contributed by atoms with Crippen LogP contribution in [0.5, 0.6) is 0 Å². The highest BCUT2D eigenvalue weighted by Crippen LogP contribution is 2.20. The third-order valence-electron chi connectivity index (χ3n) is 4.68. The van der Waals surface area contributed by atoms with Crippen molar-refractivity contribution >= 4 is 34.9 Å². The molecule has 0 atom stereocenters. The van der Waals surface area contributed by atoms with Gasteiger partial charge in [0.05, 0.1) is 5.69 Å². The van der Waals surface area contributed by atoms with Crippen LogP contribution in [0.4, 0.5) is 14.5 Å². The van der Waals surface area contributed by atoms with E-state index in [4.69, 9.17) is 0 Å². The fourth-order valence-corrected chi connectivity index (χ4v) is 3.62. The van der Waals surface area contributed by atoms with Crippen molar-refractivity contribution in [2.24, 2.45) is 5.92 Å². The molecule has 154 valence electrons. The van der Waals surface area contributed by atoms with Crippen molar-refractivity contribution in [2.75, 3.05) is 25.0 Å². The molecule has 3 rings (SSSR count). The van der Waals surface area contributed by atoms with Gasteiger partial charge in [-0.15, -0.1) is 5.10 Å². The van der Waals surface area contributed by atoms with Crippen LogP contribution in [0.3, 0.4) is 0 Å². The minimum absolute atomic E-state index is 0.0104. The molecule has 2 aromatic rings. The van der Waals surface area contributed by atoms with E-state index >= 15 is 0 Å². The monoisotopic (exact) mass is 423 g/mol. The molecule has 2 heterocycles. The number of hydrogen-bond donors (Lipinski definition) is 2. The Morgan fingerprint density at radius 2 is 1.90 bits per heavy atom. The van der Waals surface area contributed by atoms with Gasteiger partial charge >= 0.3 is 11.8 Å². The van der Waals surface area contributed by atoms with E-state index in [9.17, 15) is 23.2 Å². The third-order valence-corrected chi connectivity index (χ3v) is 5.50. The molecule has 1 aromatic heterocycles. The SMILES string of the molecule is Cc1nnsc1C(=O)N1CCC(CNC(=O)C(=O)Nc2ccc(F)c(F)c2)CC1. The van der Waals surface area contributed by atoms with E-state index in [2.05, 4.69) is 20.2 Å². The zero-order valence-electron chi connectivity index (χ0n) is 15.6. The predicted octanol–water partition coefficient (Wildman–Crippen LogP) is 1.73. The highest BCUT2D eigenvalue weighted by molar-refractivity contribution is 7.07. The summed E-state index contributed by atoms with van der Waals surface area (Å²) >= 11 is 1.07. The lowest BCUT2D eigenvalue weighted by Gasteiger charge is -2.31. The second-order valence-corrected chi connectivity index (χ2v) is 7.47. The molecular formula is C18H19F2N5O3S. The van der Waals surface area contributed by atoms with Gasteiger partial charge < -0.3 is 15.5 Å². The van der Waals surface area contributed by atoms with Crippen molar-refractivity contribution in [1.29, 1.82) is 0 Å². The zero-order chi connectivity index (χ0) is 21.0. The summed E-state index contributed by atoms with van der Waals surface area (Å²) in [6.45, 7) is 3.10. The minimum atomic E-state index is -1.12. The Balaban J connectivity index is 1.43. The van der Waals surface area contributed by atoms with Gasteiger partial charge in [0.1, 0.15) is 4.88 Å². The number of nitrogens with zero attached hydrogens (tertiary/aromatic N) is 3. The molecule has 0 saturated carbocycles. The van der Waals surface area contributed by atoms with Crippen molar-refractivity contribution in [3.63, 3.8) is 0 Å². The number of aromatic nitrogens is 2. The predicted molar refractivity (Wildman–Crippen MR) is 101 cm³/mol. The first-order chi connectivity index (χ1) is 13.8. The van der Waals surface area contributed by atoms with Gasteiger partial charge in [0, 0.05) is 31.4 Å². The van der Waals surface area contributed by atoms with Gasteiger partial charge in [0.15, 0.2) is 11.6 Å². The van der Waals surface area contributed by atoms with Crippen LogP contribution in [0.15, 0.2) is 18.2 Å². The number of halogens is 2. The van der Waals surface area contributed by atoms with Gasteiger partial charge in [-0.2, -0.15) is 0 Å². The van der Waals surface area contributed by atoms with Crippen LogP contribution in [0, 0.1) is 24.5 Å². The molecule has 2 N–H and O–H groups in total. The lowest BCUT2D eigenvalue weighted by atomic mass is 9.96. The zero-order valence-corrected chi connectivity index (χ0v) is 16.4. The summed E-state index contributed by atoms with van der Waals surface area (Å²) in [5, 5.41) is 8.61. The first-order valence-corrected chi connectivity index (χ1v) is 9.75. The molecule has 1 aromatic carbocycles. The van der Waals surface area contributed by atoms with Crippen LogP contribution < -0.4 is 10.6 Å². The van der Waals surface area contributed by atoms with Crippen LogP contribution in [0.1, 0.15) is 28.2 Å². The van der Waals surface area contributed by atoms with Gasteiger partial charge in [-0.05, 0) is 49.3 Å². The van der Waals surface area contributed by atoms with E-state index in [0.29, 0.717) is 36.5 Å². The summed E-state index contributed by atoms with van der Waals surface area (Å²) in [4.78, 5) is 38.5. The summed E-state index contributed by atoms with van der Waals surface area (Å²) in [6.07, 6.45) is 1.37. The topological polar surface area (TPSA) is 104 Å². The maximum Gasteiger partial charge on any atom is 0.313 e. The molecule has 29 heavy (non-hydrogen) atoms. The van der Waals surface area contributed by atoms with Crippen LogP contribution in [-0.2, 0) is 9.59 Å². The number of likely N-dealkylation sites (tertiary alicyclic amines) is 1. The molecule has 1 saturated heterocycles. The van der Waals surface area contributed by atoms with Crippen molar-refractivity contribution in [3.8, 4) is 0 Å². The second kappa shape index (κ2) is 9.03. The maximum atomic E-state index is 13.2. The van der Waals surface area contributed by atoms with E-state index in [-0.39, 0.29) is 24.1 Å². The van der Waals surface area contributed by atoms with E-state index < -0.39 is 23.4 Å². The number of benzene rings is 1. The van der Waals surface area contributed by atoms with Crippen molar-refractivity contribution in [3.05, 3.63) is 40.4 Å². The number of aryl methyl sites for hydroxylation is 1. The molecular weight excluding hydrogens is 404 g/mol. The molecule has 0 radical (unpaired) electrons. The molecule has 0 unspecified atom stereocenters. The summed E-state index contributed by atoms with van der Waals surface area (Å²) in [7, 11) is 0. The molecule has 1 aliphatic heterocycles. The van der Waals surface area contributed by atoms with Gasteiger partial charge in [-0.3, -0.25) is 14.4 Å². The number of carbonyl (C=O) groups is 3. The van der Waals surface area contributed by atoms with E-state index in [1.165, 1.54) is 0 Å². The van der Waals surface area contributed by atoms with Crippen LogP contribution in [0.2, 0.25) is 0 Å². The summed E-state index contributed by atoms with van der Waals surface area (Å²) in [5.41, 5.74) is 0.602. The van der Waals surface area contributed by atoms with Gasteiger partial charge in [-0.25, -0.2) is 8.78 Å². The van der Waals surface area contributed by atoms with Gasteiger partial charge in [-0.1, -0.05) is 4.49 Å². The summed E-state index contributed by atoms with van der Waals surface area (Å²) in [5.74, 6) is -3.95. The highest BCUT2D eigenvalue weighted by atomic mass is 32.1. The molecule has 3 amide bonds. The highest BCUT2D eigenvalue weighted by Gasteiger charge is 2.26. The van der Waals surface area contributed by atoms with Crippen LogP contribution in [-0.4, -0.2) is 51.8 Å². The third kappa shape index (κ3) is 5.11. The molecule has 8 nitrogen and oxygen atoms in total. The van der Waals surface area contributed by atoms with E-state index in [1.807, 2.05) is 0 Å². The molecule has 1 aliphatic rings. The van der Waals surface area contributed by atoms with E-state index in [1.54, 1.807) is 11.8 Å². The summed E-state index contributed by atoms with van der Waals surface area (Å²) < 4.78 is 29.8. The van der Waals surface area contributed by atoms with Crippen LogP contribution >= 0.6 is 11.5 Å². The molecule has 0 bridgehead atoms. The number of nitrogens with one attached hydrogen (secondary N) is 2. The van der Waals surface area contributed by atoms with E-state index in [0.717, 1.165) is 29.7 Å². The van der Waals surface area contributed by atoms with Crippen LogP contribution in [0.25, 0.3) is 0 Å². The van der Waals surface area contributed by atoms with Crippen molar-refractivity contribution in [2.45, 2.75) is 19.8 Å². The fraction of sp³-hybridized carbons (Fsp3) is 0.389. The molecule has 11 heteroatoms. The standard InChI is InChI=1S/C18H19F2N5O3S/c1-10-15(29-24-23-10)18(28)25-6-4-11(5-7-25)9-21-16(26)17(27)22-12-2-3-13(19)14(20)8-12/h2-3,8,11H,4-7,9H2,1H3,(H,21,26)(H,22,27). The Hall–Kier alpha value is -2.95. The second-order valence-electron chi connectivity index (χ2n) is 6.72. The lowest BCUT2D eigenvalue weighted by molar-refractivity contribution is -0.136. The largest absolute Gasteiger partial charge is 0.348 e. The molecule has 1 fully saturated rings. The number of rotatable bonds is 4. The average molecular weight is 423 g/mol. The van der Waals surface area contributed by atoms with Gasteiger partial charge in [0.25, 0.3) is 5.91 Å². The number of anilines is 1. The maximum absolute atomic E-state index is 13.2. The first-order valence-electron chi connectivity index (χ1n) is 8.97.